The molecule has 1 aliphatic heterocycles. The molecular formula is C16H32N2S. The molecule has 1 N–H and O–H groups in total. The van der Waals surface area contributed by atoms with Crippen molar-refractivity contribution in [1.29, 1.82) is 0 Å². The van der Waals surface area contributed by atoms with E-state index in [1.807, 2.05) is 0 Å². The molecule has 0 aromatic rings. The molecule has 0 aromatic carbocycles. The van der Waals surface area contributed by atoms with Crippen molar-refractivity contribution in [3.05, 3.63) is 0 Å². The lowest BCUT2D eigenvalue weighted by molar-refractivity contribution is 0.159. The van der Waals surface area contributed by atoms with Gasteiger partial charge in [0.15, 0.2) is 0 Å². The highest BCUT2D eigenvalue weighted by Crippen LogP contribution is 2.32. The maximum Gasteiger partial charge on any atom is 0.0116 e. The standard InChI is InChI=1S/C16H32N2S/c1-5-16(4,12-17-14-6-7-14)13-18-9-8-15(2,3)19-11-10-18/h14,17H,5-13H2,1-4H3. The van der Waals surface area contributed by atoms with Gasteiger partial charge in [-0.25, -0.2) is 0 Å². The Labute approximate surface area is 124 Å². The Morgan fingerprint density at radius 2 is 2.05 bits per heavy atom. The highest BCUT2D eigenvalue weighted by molar-refractivity contribution is 8.00. The first-order valence-electron chi connectivity index (χ1n) is 8.02. The molecule has 1 unspecified atom stereocenters. The van der Waals surface area contributed by atoms with Crippen LogP contribution < -0.4 is 5.32 Å². The molecule has 1 heterocycles. The first kappa shape index (κ1) is 15.7. The van der Waals surface area contributed by atoms with Gasteiger partial charge < -0.3 is 10.2 Å². The highest BCUT2D eigenvalue weighted by Gasteiger charge is 2.31. The molecule has 0 radical (unpaired) electrons. The van der Waals surface area contributed by atoms with Crippen LogP contribution in [0.15, 0.2) is 0 Å². The fraction of sp³-hybridized carbons (Fsp3) is 1.00. The summed E-state index contributed by atoms with van der Waals surface area (Å²) in [6.07, 6.45) is 5.40. The van der Waals surface area contributed by atoms with Crippen molar-refractivity contribution in [2.45, 2.75) is 64.2 Å². The minimum Gasteiger partial charge on any atom is -0.313 e. The molecule has 2 nitrogen and oxygen atoms in total. The first-order valence-corrected chi connectivity index (χ1v) is 9.01. The van der Waals surface area contributed by atoms with Crippen LogP contribution in [0.1, 0.15) is 53.4 Å². The van der Waals surface area contributed by atoms with Crippen molar-refractivity contribution in [3.63, 3.8) is 0 Å². The Balaban J connectivity index is 1.82. The van der Waals surface area contributed by atoms with Crippen molar-refractivity contribution < 1.29 is 0 Å². The Morgan fingerprint density at radius 1 is 1.32 bits per heavy atom. The van der Waals surface area contributed by atoms with Crippen molar-refractivity contribution in [2.75, 3.05) is 31.9 Å². The Hall–Kier alpha value is 0.270. The quantitative estimate of drug-likeness (QED) is 0.805. The van der Waals surface area contributed by atoms with Gasteiger partial charge >= 0.3 is 0 Å². The van der Waals surface area contributed by atoms with Gasteiger partial charge in [-0.1, -0.05) is 27.7 Å². The van der Waals surface area contributed by atoms with Gasteiger partial charge in [0.2, 0.25) is 0 Å². The highest BCUT2D eigenvalue weighted by atomic mass is 32.2. The minimum absolute atomic E-state index is 0.446. The lowest BCUT2D eigenvalue weighted by atomic mass is 9.86. The molecule has 2 aliphatic rings. The van der Waals surface area contributed by atoms with Gasteiger partial charge in [-0.15, -0.1) is 0 Å². The maximum absolute atomic E-state index is 3.74. The summed E-state index contributed by atoms with van der Waals surface area (Å²) in [7, 11) is 0. The molecule has 1 saturated carbocycles. The lowest BCUT2D eigenvalue weighted by Gasteiger charge is -2.35. The van der Waals surface area contributed by atoms with Crippen molar-refractivity contribution in [1.82, 2.24) is 10.2 Å². The van der Waals surface area contributed by atoms with Crippen LogP contribution in [0.5, 0.6) is 0 Å². The zero-order valence-electron chi connectivity index (χ0n) is 13.3. The summed E-state index contributed by atoms with van der Waals surface area (Å²) < 4.78 is 0.476. The molecule has 112 valence electrons. The fourth-order valence-electron chi connectivity index (χ4n) is 2.73. The molecule has 19 heavy (non-hydrogen) atoms. The molecule has 1 saturated heterocycles. The molecule has 3 heteroatoms. The average molecular weight is 285 g/mol. The van der Waals surface area contributed by atoms with Crippen LogP contribution in [0.2, 0.25) is 0 Å². The predicted octanol–water partition coefficient (Wildman–Crippen LogP) is 3.37. The van der Waals surface area contributed by atoms with E-state index in [1.54, 1.807) is 0 Å². The lowest BCUT2D eigenvalue weighted by Crippen LogP contribution is -2.43. The van der Waals surface area contributed by atoms with Crippen LogP contribution in [0.4, 0.5) is 0 Å². The topological polar surface area (TPSA) is 15.3 Å². The molecule has 0 aromatic heterocycles. The number of thioether (sulfide) groups is 1. The molecular weight excluding hydrogens is 252 g/mol. The van der Waals surface area contributed by atoms with Crippen LogP contribution in [0, 0.1) is 5.41 Å². The summed E-state index contributed by atoms with van der Waals surface area (Å²) in [6.45, 7) is 14.6. The van der Waals surface area contributed by atoms with Gasteiger partial charge in [0, 0.05) is 36.2 Å². The van der Waals surface area contributed by atoms with Gasteiger partial charge in [0.1, 0.15) is 0 Å². The zero-order chi connectivity index (χ0) is 13.9. The normalized spacial score (nSPS) is 27.8. The average Bonchev–Trinajstić information content (AvgIpc) is 3.17. The SMILES string of the molecule is CCC(C)(CNC1CC1)CN1CCSC(C)(C)CC1. The molecule has 1 aliphatic carbocycles. The number of hydrogen-bond donors (Lipinski definition) is 1. The Kier molecular flexibility index (Phi) is 5.24. The number of nitrogens with one attached hydrogen (secondary N) is 1. The molecule has 0 bridgehead atoms. The van der Waals surface area contributed by atoms with Gasteiger partial charge in [0.25, 0.3) is 0 Å². The maximum atomic E-state index is 3.74. The molecule has 2 rings (SSSR count). The second-order valence-electron chi connectivity index (χ2n) is 7.45. The first-order chi connectivity index (χ1) is 8.92. The van der Waals surface area contributed by atoms with Gasteiger partial charge in [-0.05, 0) is 37.6 Å². The fourth-order valence-corrected chi connectivity index (χ4v) is 3.87. The summed E-state index contributed by atoms with van der Waals surface area (Å²) in [4.78, 5) is 2.71. The summed E-state index contributed by atoms with van der Waals surface area (Å²) in [6, 6.07) is 0.837. The number of hydrogen-bond acceptors (Lipinski definition) is 3. The molecule has 0 spiro atoms. The van der Waals surface area contributed by atoms with E-state index in [0.29, 0.717) is 10.2 Å². The van der Waals surface area contributed by atoms with E-state index in [9.17, 15) is 0 Å². The van der Waals surface area contributed by atoms with E-state index in [0.717, 1.165) is 6.04 Å². The Morgan fingerprint density at radius 3 is 2.68 bits per heavy atom. The summed E-state index contributed by atoms with van der Waals surface area (Å²) in [5.74, 6) is 1.29. The van der Waals surface area contributed by atoms with Crippen LogP contribution in [0.3, 0.4) is 0 Å². The van der Waals surface area contributed by atoms with E-state index in [4.69, 9.17) is 0 Å². The molecule has 1 atom stereocenters. The third-order valence-electron chi connectivity index (χ3n) is 4.78. The smallest absolute Gasteiger partial charge is 0.0116 e. The van der Waals surface area contributed by atoms with Crippen LogP contribution in [-0.2, 0) is 0 Å². The van der Waals surface area contributed by atoms with Crippen LogP contribution in [-0.4, -0.2) is 47.6 Å². The Bertz CT molecular complexity index is 288. The largest absolute Gasteiger partial charge is 0.313 e. The van der Waals surface area contributed by atoms with Crippen LogP contribution >= 0.6 is 11.8 Å². The number of rotatable bonds is 6. The summed E-state index contributed by atoms with van der Waals surface area (Å²) >= 11 is 2.15. The third kappa shape index (κ3) is 5.28. The van der Waals surface area contributed by atoms with Gasteiger partial charge in [-0.3, -0.25) is 0 Å². The van der Waals surface area contributed by atoms with E-state index >= 15 is 0 Å². The number of nitrogens with zero attached hydrogens (tertiary/aromatic N) is 1. The minimum atomic E-state index is 0.446. The molecule has 0 amide bonds. The van der Waals surface area contributed by atoms with Crippen molar-refractivity contribution in [3.8, 4) is 0 Å². The van der Waals surface area contributed by atoms with E-state index in [2.05, 4.69) is 49.7 Å². The summed E-state index contributed by atoms with van der Waals surface area (Å²) in [5, 5.41) is 3.74. The monoisotopic (exact) mass is 284 g/mol. The van der Waals surface area contributed by atoms with Gasteiger partial charge in [-0.2, -0.15) is 11.8 Å². The van der Waals surface area contributed by atoms with Crippen molar-refractivity contribution in [2.24, 2.45) is 5.41 Å². The van der Waals surface area contributed by atoms with E-state index < -0.39 is 0 Å². The molecule has 2 fully saturated rings. The van der Waals surface area contributed by atoms with E-state index in [1.165, 1.54) is 57.6 Å². The van der Waals surface area contributed by atoms with Crippen molar-refractivity contribution >= 4 is 11.8 Å². The second-order valence-corrected chi connectivity index (χ2v) is 9.26. The zero-order valence-corrected chi connectivity index (χ0v) is 14.1. The third-order valence-corrected chi connectivity index (χ3v) is 6.16. The second kappa shape index (κ2) is 6.36. The predicted molar refractivity (Wildman–Crippen MR) is 87.0 cm³/mol. The summed E-state index contributed by atoms with van der Waals surface area (Å²) in [5.41, 5.74) is 0.446. The van der Waals surface area contributed by atoms with E-state index in [-0.39, 0.29) is 0 Å². The van der Waals surface area contributed by atoms with Gasteiger partial charge in [0.05, 0.1) is 0 Å². The van der Waals surface area contributed by atoms with Crippen LogP contribution in [0.25, 0.3) is 0 Å².